The first kappa shape index (κ1) is 15.2. The van der Waals surface area contributed by atoms with Crippen molar-refractivity contribution in [3.8, 4) is 0 Å². The van der Waals surface area contributed by atoms with E-state index in [0.717, 1.165) is 6.20 Å². The molecule has 1 amide bonds. The fourth-order valence-electron chi connectivity index (χ4n) is 3.23. The summed E-state index contributed by atoms with van der Waals surface area (Å²) in [6, 6.07) is 0.756. The van der Waals surface area contributed by atoms with E-state index >= 15 is 0 Å². The first-order chi connectivity index (χ1) is 10.3. The Kier molecular flexibility index (Phi) is 3.58. The number of halogens is 4. The molecule has 22 heavy (non-hydrogen) atoms. The number of hydrogen-bond donors (Lipinski definition) is 0. The molecule has 0 aromatic carbocycles. The zero-order chi connectivity index (χ0) is 16.1. The molecule has 1 aromatic rings. The van der Waals surface area contributed by atoms with E-state index in [1.165, 1.54) is 24.2 Å². The van der Waals surface area contributed by atoms with Gasteiger partial charge in [-0.05, 0) is 25.0 Å². The molecule has 0 spiro atoms. The molecule has 2 fully saturated rings. The van der Waals surface area contributed by atoms with Crippen LogP contribution in [0.25, 0.3) is 0 Å². The van der Waals surface area contributed by atoms with Crippen molar-refractivity contribution in [1.29, 1.82) is 0 Å². The van der Waals surface area contributed by atoms with Gasteiger partial charge in [0.25, 0.3) is 6.43 Å². The monoisotopic (exact) mass is 317 g/mol. The van der Waals surface area contributed by atoms with Crippen molar-refractivity contribution >= 4 is 5.91 Å². The van der Waals surface area contributed by atoms with E-state index in [4.69, 9.17) is 0 Å². The fraction of sp³-hybridized carbons (Fsp3) is 0.571. The minimum absolute atomic E-state index is 0.101. The van der Waals surface area contributed by atoms with Crippen LogP contribution in [0.2, 0.25) is 0 Å². The first-order valence-corrected chi connectivity index (χ1v) is 6.96. The third-order valence-corrected chi connectivity index (χ3v) is 4.41. The second-order valence-corrected chi connectivity index (χ2v) is 5.93. The number of hydrogen-bond acceptors (Lipinski definition) is 3. The molecule has 3 rings (SSSR count). The zero-order valence-electron chi connectivity index (χ0n) is 11.8. The van der Waals surface area contributed by atoms with Gasteiger partial charge in [0.15, 0.2) is 6.17 Å². The molecule has 0 radical (unpaired) electrons. The summed E-state index contributed by atoms with van der Waals surface area (Å²) in [5.74, 6) is -1.23. The van der Waals surface area contributed by atoms with Gasteiger partial charge < -0.3 is 0 Å². The minimum atomic E-state index is -3.22. The van der Waals surface area contributed by atoms with Gasteiger partial charge in [-0.2, -0.15) is 0 Å². The molecule has 120 valence electrons. The molecule has 3 atom stereocenters. The van der Waals surface area contributed by atoms with E-state index in [9.17, 15) is 22.4 Å². The molecule has 8 heteroatoms. The topological polar surface area (TPSA) is 36.4 Å². The summed E-state index contributed by atoms with van der Waals surface area (Å²) >= 11 is 0. The second-order valence-electron chi connectivity index (χ2n) is 5.93. The summed E-state index contributed by atoms with van der Waals surface area (Å²) in [7, 11) is 0. The van der Waals surface area contributed by atoms with Crippen LogP contribution >= 0.6 is 0 Å². The van der Waals surface area contributed by atoms with E-state index in [-0.39, 0.29) is 6.54 Å². The zero-order valence-corrected chi connectivity index (χ0v) is 11.8. The van der Waals surface area contributed by atoms with Crippen LogP contribution in [0, 0.1) is 11.2 Å². The Bertz CT molecular complexity index is 599. The quantitative estimate of drug-likeness (QED) is 0.803. The molecule has 0 N–H and O–H groups in total. The molecule has 0 aliphatic carbocycles. The summed E-state index contributed by atoms with van der Waals surface area (Å²) in [5, 5.41) is 2.85. The second kappa shape index (κ2) is 5.19. The van der Waals surface area contributed by atoms with E-state index in [2.05, 4.69) is 4.98 Å². The molecule has 0 bridgehead atoms. The number of hydrazine groups is 1. The molecular weight excluding hydrogens is 302 g/mol. The van der Waals surface area contributed by atoms with Crippen molar-refractivity contribution < 1.29 is 22.4 Å². The number of aromatic nitrogens is 1. The Labute approximate surface area is 124 Å². The van der Waals surface area contributed by atoms with Crippen LogP contribution in [0.3, 0.4) is 0 Å². The van der Waals surface area contributed by atoms with Crippen molar-refractivity contribution in [1.82, 2.24) is 15.0 Å². The summed E-state index contributed by atoms with van der Waals surface area (Å²) in [5.41, 5.74) is -1.30. The van der Waals surface area contributed by atoms with Gasteiger partial charge in [0.2, 0.25) is 5.91 Å². The highest BCUT2D eigenvalue weighted by Crippen LogP contribution is 2.45. The number of rotatable bonds is 3. The van der Waals surface area contributed by atoms with Crippen LogP contribution in [0.15, 0.2) is 18.5 Å². The van der Waals surface area contributed by atoms with E-state index in [1.807, 2.05) is 0 Å². The van der Waals surface area contributed by atoms with Gasteiger partial charge in [-0.3, -0.25) is 14.8 Å². The molecule has 2 aliphatic heterocycles. The number of nitrogens with zero attached hydrogens (tertiary/aromatic N) is 3. The highest BCUT2D eigenvalue weighted by Gasteiger charge is 2.59. The van der Waals surface area contributed by atoms with E-state index in [1.54, 1.807) is 5.01 Å². The molecule has 3 heterocycles. The molecule has 2 saturated heterocycles. The first-order valence-electron chi connectivity index (χ1n) is 6.96. The lowest BCUT2D eigenvalue weighted by Gasteiger charge is -2.28. The van der Waals surface area contributed by atoms with Crippen LogP contribution in [-0.2, 0) is 4.79 Å². The van der Waals surface area contributed by atoms with Crippen molar-refractivity contribution in [2.24, 2.45) is 5.41 Å². The Morgan fingerprint density at radius 1 is 1.36 bits per heavy atom. The van der Waals surface area contributed by atoms with Crippen molar-refractivity contribution in [2.75, 3.05) is 13.1 Å². The largest absolute Gasteiger partial charge is 0.273 e. The summed E-state index contributed by atoms with van der Waals surface area (Å²) in [6.07, 6.45) is -2.75. The number of alkyl halides is 3. The van der Waals surface area contributed by atoms with Crippen LogP contribution in [0.1, 0.15) is 24.9 Å². The highest BCUT2D eigenvalue weighted by atomic mass is 19.3. The van der Waals surface area contributed by atoms with Gasteiger partial charge in [-0.15, -0.1) is 0 Å². The molecule has 4 nitrogen and oxygen atoms in total. The van der Waals surface area contributed by atoms with Gasteiger partial charge in [0.05, 0.1) is 17.7 Å². The maximum absolute atomic E-state index is 13.9. The van der Waals surface area contributed by atoms with Gasteiger partial charge in [-0.25, -0.2) is 22.6 Å². The standard InChI is InChI=1S/C14H15F4N3O/c1-14(11(16)12(17)18)7-20-3-2-10(21(20)13(14)22)8-4-9(15)6-19-5-8/h4-6,10-12H,2-3,7H2,1H3. The molecule has 3 unspecified atom stereocenters. The lowest BCUT2D eigenvalue weighted by atomic mass is 9.84. The number of pyridine rings is 1. The summed E-state index contributed by atoms with van der Waals surface area (Å²) in [6.45, 7) is 1.54. The maximum atomic E-state index is 13.9. The Morgan fingerprint density at radius 2 is 2.09 bits per heavy atom. The Hall–Kier alpha value is -1.70. The smallest absolute Gasteiger partial charge is 0.270 e. The predicted octanol–water partition coefficient (Wildman–Crippen LogP) is 2.33. The Balaban J connectivity index is 1.90. The maximum Gasteiger partial charge on any atom is 0.270 e. The van der Waals surface area contributed by atoms with E-state index in [0.29, 0.717) is 18.5 Å². The normalized spacial score (nSPS) is 30.2. The lowest BCUT2D eigenvalue weighted by molar-refractivity contribution is -0.147. The van der Waals surface area contributed by atoms with Crippen LogP contribution in [0.5, 0.6) is 0 Å². The van der Waals surface area contributed by atoms with Gasteiger partial charge in [0, 0.05) is 19.3 Å². The molecule has 1 aromatic heterocycles. The van der Waals surface area contributed by atoms with Crippen molar-refractivity contribution in [3.05, 3.63) is 29.8 Å². The van der Waals surface area contributed by atoms with Crippen LogP contribution in [-0.4, -0.2) is 46.6 Å². The molecule has 0 saturated carbocycles. The minimum Gasteiger partial charge on any atom is -0.273 e. The van der Waals surface area contributed by atoms with Crippen LogP contribution in [0.4, 0.5) is 17.6 Å². The summed E-state index contributed by atoms with van der Waals surface area (Å²) < 4.78 is 52.6. The summed E-state index contributed by atoms with van der Waals surface area (Å²) in [4.78, 5) is 16.3. The number of fused-ring (bicyclic) bond motifs is 1. The fourth-order valence-corrected chi connectivity index (χ4v) is 3.23. The van der Waals surface area contributed by atoms with E-state index < -0.39 is 35.8 Å². The number of carbonyl (C=O) groups excluding carboxylic acids is 1. The average molecular weight is 317 g/mol. The Morgan fingerprint density at radius 3 is 2.73 bits per heavy atom. The average Bonchev–Trinajstić information content (AvgIpc) is 2.98. The van der Waals surface area contributed by atoms with Crippen LogP contribution < -0.4 is 0 Å². The van der Waals surface area contributed by atoms with Crippen molar-refractivity contribution in [3.63, 3.8) is 0 Å². The van der Waals surface area contributed by atoms with Gasteiger partial charge in [-0.1, -0.05) is 0 Å². The molecule has 2 aliphatic rings. The highest BCUT2D eigenvalue weighted by molar-refractivity contribution is 5.85. The molecular formula is C14H15F4N3O. The number of amides is 1. The third kappa shape index (κ3) is 2.16. The van der Waals surface area contributed by atoms with Gasteiger partial charge in [0.1, 0.15) is 5.82 Å². The third-order valence-electron chi connectivity index (χ3n) is 4.41. The predicted molar refractivity (Wildman–Crippen MR) is 69.0 cm³/mol. The number of carbonyl (C=O) groups is 1. The van der Waals surface area contributed by atoms with Crippen molar-refractivity contribution in [2.45, 2.75) is 32.0 Å². The SMILES string of the molecule is CC1(C(F)C(F)F)CN2CCC(c3cncc(F)c3)N2C1=O. The lowest BCUT2D eigenvalue weighted by Crippen LogP contribution is -2.44. The van der Waals surface area contributed by atoms with Gasteiger partial charge >= 0.3 is 0 Å².